The lowest BCUT2D eigenvalue weighted by atomic mass is 10.2. The van der Waals surface area contributed by atoms with Crippen molar-refractivity contribution in [3.8, 4) is 0 Å². The molecule has 0 aromatic heterocycles. The van der Waals surface area contributed by atoms with E-state index < -0.39 is 30.1 Å². The van der Waals surface area contributed by atoms with Gasteiger partial charge in [-0.3, -0.25) is 4.79 Å². The Kier molecular flexibility index (Phi) is 6.19. The van der Waals surface area contributed by atoms with Gasteiger partial charge in [0.2, 0.25) is 5.91 Å². The Morgan fingerprint density at radius 3 is 2.29 bits per heavy atom. The maximum Gasteiger partial charge on any atom is 0.408 e. The van der Waals surface area contributed by atoms with Gasteiger partial charge in [-0.2, -0.15) is 0 Å². The second-order valence-corrected chi connectivity index (χ2v) is 4.48. The summed E-state index contributed by atoms with van der Waals surface area (Å²) in [5.74, 6) is -2.04. The van der Waals surface area contributed by atoms with E-state index in [9.17, 15) is 19.5 Å². The zero-order valence-electron chi connectivity index (χ0n) is 11.8. The van der Waals surface area contributed by atoms with Crippen LogP contribution in [0, 0.1) is 0 Å². The van der Waals surface area contributed by atoms with Crippen LogP contribution in [0.5, 0.6) is 0 Å². The highest BCUT2D eigenvalue weighted by molar-refractivity contribution is 5.88. The van der Waals surface area contributed by atoms with E-state index in [-0.39, 0.29) is 6.61 Å². The van der Waals surface area contributed by atoms with Crippen LogP contribution in [-0.4, -0.2) is 30.1 Å². The molecule has 0 radical (unpaired) electrons. The number of benzene rings is 1. The van der Waals surface area contributed by atoms with Gasteiger partial charge in [-0.25, -0.2) is 4.79 Å². The molecule has 0 aliphatic rings. The quantitative estimate of drug-likeness (QED) is 0.739. The maximum atomic E-state index is 11.6. The molecule has 0 spiro atoms. The molecule has 1 aromatic rings. The van der Waals surface area contributed by atoms with Crippen LogP contribution in [0.15, 0.2) is 30.3 Å². The standard InChI is InChI=1S/C14H18N2O5/c1-9(12(17)15-10(2)13(18)19)16-14(20)21-8-11-6-4-3-5-7-11/h3-7,9-10H,8H2,1-2H3,(H,15,17)(H,16,20)(H,18,19)/p-1/t9-,10+/m0/s1. The third kappa shape index (κ3) is 5.94. The van der Waals surface area contributed by atoms with Gasteiger partial charge < -0.3 is 25.3 Å². The van der Waals surface area contributed by atoms with Crippen molar-refractivity contribution in [2.75, 3.05) is 0 Å². The molecule has 2 N–H and O–H groups in total. The molecule has 1 rings (SSSR count). The minimum Gasteiger partial charge on any atom is -0.548 e. The normalized spacial score (nSPS) is 12.9. The van der Waals surface area contributed by atoms with Crippen molar-refractivity contribution in [3.63, 3.8) is 0 Å². The Labute approximate surface area is 122 Å². The van der Waals surface area contributed by atoms with E-state index in [4.69, 9.17) is 4.74 Å². The molecule has 114 valence electrons. The minimum absolute atomic E-state index is 0.0798. The molecule has 0 unspecified atom stereocenters. The Morgan fingerprint density at radius 1 is 1.10 bits per heavy atom. The number of hydrogen-bond donors (Lipinski definition) is 2. The van der Waals surface area contributed by atoms with Gasteiger partial charge in [0.05, 0.1) is 12.0 Å². The van der Waals surface area contributed by atoms with Crippen molar-refractivity contribution < 1.29 is 24.2 Å². The molecule has 2 amide bonds. The number of amides is 2. The average Bonchev–Trinajstić information content (AvgIpc) is 2.45. The van der Waals surface area contributed by atoms with Crippen LogP contribution in [0.25, 0.3) is 0 Å². The summed E-state index contributed by atoms with van der Waals surface area (Å²) in [6.45, 7) is 2.77. The van der Waals surface area contributed by atoms with E-state index in [1.165, 1.54) is 13.8 Å². The Morgan fingerprint density at radius 2 is 1.71 bits per heavy atom. The summed E-state index contributed by atoms with van der Waals surface area (Å²) in [4.78, 5) is 33.6. The van der Waals surface area contributed by atoms with Crippen LogP contribution in [0.4, 0.5) is 4.79 Å². The Balaban J connectivity index is 2.36. The first kappa shape index (κ1) is 16.5. The Hall–Kier alpha value is -2.57. The molecule has 7 heteroatoms. The molecule has 0 fully saturated rings. The summed E-state index contributed by atoms with van der Waals surface area (Å²) in [6.07, 6.45) is -0.761. The number of nitrogens with one attached hydrogen (secondary N) is 2. The van der Waals surface area contributed by atoms with Crippen LogP contribution in [0.3, 0.4) is 0 Å². The van der Waals surface area contributed by atoms with Crippen molar-refractivity contribution in [2.45, 2.75) is 32.5 Å². The first-order chi connectivity index (χ1) is 9.90. The summed E-state index contributed by atoms with van der Waals surface area (Å²) in [7, 11) is 0. The van der Waals surface area contributed by atoms with Crippen molar-refractivity contribution in [1.82, 2.24) is 10.6 Å². The molecule has 0 aliphatic carbocycles. The van der Waals surface area contributed by atoms with E-state index in [2.05, 4.69) is 10.6 Å². The first-order valence-electron chi connectivity index (χ1n) is 6.38. The van der Waals surface area contributed by atoms with Crippen molar-refractivity contribution in [2.24, 2.45) is 0 Å². The van der Waals surface area contributed by atoms with Crippen molar-refractivity contribution in [3.05, 3.63) is 35.9 Å². The number of carboxylic acid groups (broad SMARTS) is 1. The second kappa shape index (κ2) is 7.88. The number of aliphatic carboxylic acids is 1. The van der Waals surface area contributed by atoms with Crippen molar-refractivity contribution in [1.29, 1.82) is 0 Å². The van der Waals surface area contributed by atoms with Crippen LogP contribution < -0.4 is 15.7 Å². The van der Waals surface area contributed by atoms with Crippen LogP contribution >= 0.6 is 0 Å². The van der Waals surface area contributed by atoms with Gasteiger partial charge in [0.15, 0.2) is 0 Å². The zero-order chi connectivity index (χ0) is 15.8. The molecule has 21 heavy (non-hydrogen) atoms. The molecule has 0 saturated heterocycles. The monoisotopic (exact) mass is 293 g/mol. The third-order valence-electron chi connectivity index (χ3n) is 2.65. The van der Waals surface area contributed by atoms with Crippen LogP contribution in [0.2, 0.25) is 0 Å². The van der Waals surface area contributed by atoms with Gasteiger partial charge in [0.25, 0.3) is 0 Å². The van der Waals surface area contributed by atoms with Gasteiger partial charge >= 0.3 is 6.09 Å². The largest absolute Gasteiger partial charge is 0.548 e. The first-order valence-corrected chi connectivity index (χ1v) is 6.38. The summed E-state index contributed by atoms with van der Waals surface area (Å²) < 4.78 is 4.94. The minimum atomic E-state index is -1.40. The van der Waals surface area contributed by atoms with E-state index in [0.29, 0.717) is 0 Å². The summed E-state index contributed by atoms with van der Waals surface area (Å²) in [5.41, 5.74) is 0.815. The van der Waals surface area contributed by atoms with Gasteiger partial charge in [0, 0.05) is 0 Å². The summed E-state index contributed by atoms with van der Waals surface area (Å²) >= 11 is 0. The lowest BCUT2D eigenvalue weighted by Crippen LogP contribution is -2.52. The van der Waals surface area contributed by atoms with E-state index in [0.717, 1.165) is 5.56 Å². The number of ether oxygens (including phenoxy) is 1. The number of hydrogen-bond acceptors (Lipinski definition) is 5. The lowest BCUT2D eigenvalue weighted by molar-refractivity contribution is -0.307. The topological polar surface area (TPSA) is 108 Å². The fraction of sp³-hybridized carbons (Fsp3) is 0.357. The van der Waals surface area contributed by atoms with Gasteiger partial charge in [-0.1, -0.05) is 30.3 Å². The smallest absolute Gasteiger partial charge is 0.408 e. The number of alkyl carbamates (subject to hydrolysis) is 1. The van der Waals surface area contributed by atoms with Crippen LogP contribution in [0.1, 0.15) is 19.4 Å². The molecule has 7 nitrogen and oxygen atoms in total. The number of carboxylic acids is 1. The maximum absolute atomic E-state index is 11.6. The predicted molar refractivity (Wildman–Crippen MR) is 71.8 cm³/mol. The predicted octanol–water partition coefficient (Wildman–Crippen LogP) is -0.444. The highest BCUT2D eigenvalue weighted by Crippen LogP contribution is 2.00. The molecular weight excluding hydrogens is 276 g/mol. The molecule has 0 bridgehead atoms. The molecule has 0 aliphatic heterocycles. The second-order valence-electron chi connectivity index (χ2n) is 4.48. The fourth-order valence-electron chi connectivity index (χ4n) is 1.40. The molecular formula is C14H17N2O5-. The number of carbonyl (C=O) groups is 3. The molecule has 0 saturated carbocycles. The van der Waals surface area contributed by atoms with E-state index >= 15 is 0 Å². The van der Waals surface area contributed by atoms with Crippen molar-refractivity contribution >= 4 is 18.0 Å². The average molecular weight is 293 g/mol. The van der Waals surface area contributed by atoms with E-state index in [1.54, 1.807) is 12.1 Å². The van der Waals surface area contributed by atoms with Gasteiger partial charge in [0.1, 0.15) is 12.6 Å². The summed E-state index contributed by atoms with van der Waals surface area (Å²) in [5, 5.41) is 15.0. The third-order valence-corrected chi connectivity index (χ3v) is 2.65. The zero-order valence-corrected chi connectivity index (χ0v) is 11.8. The summed E-state index contributed by atoms with van der Waals surface area (Å²) in [6, 6.07) is 7.00. The number of carbonyl (C=O) groups excluding carboxylic acids is 3. The Bertz CT molecular complexity index is 503. The number of rotatable bonds is 6. The van der Waals surface area contributed by atoms with Gasteiger partial charge in [-0.15, -0.1) is 0 Å². The van der Waals surface area contributed by atoms with E-state index in [1.807, 2.05) is 18.2 Å². The lowest BCUT2D eigenvalue weighted by Gasteiger charge is -2.18. The van der Waals surface area contributed by atoms with Crippen LogP contribution in [-0.2, 0) is 20.9 Å². The fourth-order valence-corrected chi connectivity index (χ4v) is 1.40. The molecule has 0 heterocycles. The van der Waals surface area contributed by atoms with Gasteiger partial charge in [-0.05, 0) is 19.4 Å². The highest BCUT2D eigenvalue weighted by Gasteiger charge is 2.18. The molecule has 1 aromatic carbocycles. The molecule has 2 atom stereocenters. The SMILES string of the molecule is C[C@H](NC(=O)OCc1ccccc1)C(=O)N[C@H](C)C(=O)[O-]. The highest BCUT2D eigenvalue weighted by atomic mass is 16.5.